The molecule has 1 aromatic heterocycles. The lowest BCUT2D eigenvalue weighted by Crippen LogP contribution is -2.34. The van der Waals surface area contributed by atoms with Gasteiger partial charge in [0.25, 0.3) is 10.0 Å². The molecule has 0 aliphatic carbocycles. The van der Waals surface area contributed by atoms with Crippen LogP contribution in [0.1, 0.15) is 12.7 Å². The fourth-order valence-corrected chi connectivity index (χ4v) is 2.47. The maximum atomic E-state index is 12.0. The summed E-state index contributed by atoms with van der Waals surface area (Å²) < 4.78 is 37.9. The summed E-state index contributed by atoms with van der Waals surface area (Å²) in [6, 6.07) is 0. The summed E-state index contributed by atoms with van der Waals surface area (Å²) in [7, 11) is -0.743. The van der Waals surface area contributed by atoms with E-state index in [1.807, 2.05) is 6.92 Å². The zero-order valence-corrected chi connectivity index (χ0v) is 11.8. The molecule has 1 aromatic rings. The molecule has 0 radical (unpaired) electrons. The van der Waals surface area contributed by atoms with Gasteiger partial charge in [-0.15, -0.1) is 0 Å². The Balaban J connectivity index is 2.79. The lowest BCUT2D eigenvalue weighted by molar-refractivity contribution is -0.0960. The monoisotopic (exact) mass is 277 g/mol. The fraction of sp³-hybridized carbons (Fsp3) is 0.700. The Morgan fingerprint density at radius 2 is 2.06 bits per heavy atom. The van der Waals surface area contributed by atoms with E-state index in [2.05, 4.69) is 9.71 Å². The Bertz CT molecular complexity index is 479. The zero-order chi connectivity index (χ0) is 13.8. The van der Waals surface area contributed by atoms with Crippen LogP contribution in [-0.4, -0.2) is 45.0 Å². The summed E-state index contributed by atoms with van der Waals surface area (Å²) in [6.07, 6.45) is 0.890. The van der Waals surface area contributed by atoms with Crippen LogP contribution in [0, 0.1) is 6.92 Å². The average Bonchev–Trinajstić information content (AvgIpc) is 2.72. The molecule has 0 amide bonds. The first-order chi connectivity index (χ1) is 8.44. The largest absolute Gasteiger partial charge is 0.355 e. The SMILES string of the molecule is CCn1cc(S(=O)(=O)NCC(OC)OC)nc1C. The summed E-state index contributed by atoms with van der Waals surface area (Å²) in [6.45, 7) is 4.39. The first-order valence-electron chi connectivity index (χ1n) is 5.53. The normalized spacial score (nSPS) is 12.3. The van der Waals surface area contributed by atoms with Crippen molar-refractivity contribution in [3.05, 3.63) is 12.0 Å². The van der Waals surface area contributed by atoms with Crippen molar-refractivity contribution in [3.8, 4) is 0 Å². The molecule has 8 heteroatoms. The van der Waals surface area contributed by atoms with Gasteiger partial charge in [-0.2, -0.15) is 0 Å². The maximum Gasteiger partial charge on any atom is 0.259 e. The van der Waals surface area contributed by atoms with Crippen LogP contribution >= 0.6 is 0 Å². The van der Waals surface area contributed by atoms with Crippen LogP contribution in [0.2, 0.25) is 0 Å². The minimum atomic E-state index is -3.63. The van der Waals surface area contributed by atoms with Crippen LogP contribution in [0.15, 0.2) is 11.2 Å². The number of aromatic nitrogens is 2. The molecule has 0 saturated carbocycles. The van der Waals surface area contributed by atoms with E-state index in [4.69, 9.17) is 9.47 Å². The van der Waals surface area contributed by atoms with Gasteiger partial charge < -0.3 is 14.0 Å². The predicted molar refractivity (Wildman–Crippen MR) is 65.6 cm³/mol. The van der Waals surface area contributed by atoms with Gasteiger partial charge in [-0.05, 0) is 13.8 Å². The van der Waals surface area contributed by atoms with Gasteiger partial charge in [-0.25, -0.2) is 18.1 Å². The van der Waals surface area contributed by atoms with E-state index >= 15 is 0 Å². The average molecular weight is 277 g/mol. The quantitative estimate of drug-likeness (QED) is 0.715. The molecule has 0 aliphatic heterocycles. The molecule has 104 valence electrons. The minimum Gasteiger partial charge on any atom is -0.355 e. The van der Waals surface area contributed by atoms with E-state index in [0.717, 1.165) is 0 Å². The Morgan fingerprint density at radius 1 is 1.44 bits per heavy atom. The molecule has 0 spiro atoms. The first-order valence-corrected chi connectivity index (χ1v) is 7.02. The van der Waals surface area contributed by atoms with Crippen molar-refractivity contribution >= 4 is 10.0 Å². The summed E-state index contributed by atoms with van der Waals surface area (Å²) in [5.74, 6) is 0.660. The predicted octanol–water partition coefficient (Wildman–Crippen LogP) is 0.109. The smallest absolute Gasteiger partial charge is 0.259 e. The van der Waals surface area contributed by atoms with Crippen molar-refractivity contribution in [1.82, 2.24) is 14.3 Å². The van der Waals surface area contributed by atoms with E-state index in [-0.39, 0.29) is 11.6 Å². The molecule has 18 heavy (non-hydrogen) atoms. The van der Waals surface area contributed by atoms with Gasteiger partial charge in [-0.1, -0.05) is 0 Å². The highest BCUT2D eigenvalue weighted by molar-refractivity contribution is 7.89. The molecule has 0 saturated heterocycles. The molecular weight excluding hydrogens is 258 g/mol. The van der Waals surface area contributed by atoms with Gasteiger partial charge in [-0.3, -0.25) is 0 Å². The van der Waals surface area contributed by atoms with Crippen molar-refractivity contribution in [2.75, 3.05) is 20.8 Å². The molecule has 1 heterocycles. The van der Waals surface area contributed by atoms with E-state index in [1.54, 1.807) is 11.5 Å². The third-order valence-electron chi connectivity index (χ3n) is 2.54. The van der Waals surface area contributed by atoms with Crippen LogP contribution in [-0.2, 0) is 26.0 Å². The number of nitrogens with zero attached hydrogens (tertiary/aromatic N) is 2. The summed E-state index contributed by atoms with van der Waals surface area (Å²) in [5, 5.41) is 0.00723. The maximum absolute atomic E-state index is 12.0. The van der Waals surface area contributed by atoms with Gasteiger partial charge in [0, 0.05) is 27.0 Å². The van der Waals surface area contributed by atoms with Gasteiger partial charge >= 0.3 is 0 Å². The van der Waals surface area contributed by atoms with E-state index < -0.39 is 16.3 Å². The summed E-state index contributed by atoms with van der Waals surface area (Å²) >= 11 is 0. The van der Waals surface area contributed by atoms with Crippen LogP contribution in [0.3, 0.4) is 0 Å². The molecule has 0 aromatic carbocycles. The highest BCUT2D eigenvalue weighted by Gasteiger charge is 2.20. The Kier molecular flexibility index (Phi) is 5.27. The molecule has 0 fully saturated rings. The number of hydrogen-bond donors (Lipinski definition) is 1. The van der Waals surface area contributed by atoms with Gasteiger partial charge in [0.05, 0.1) is 6.54 Å². The van der Waals surface area contributed by atoms with Crippen molar-refractivity contribution in [2.45, 2.75) is 31.7 Å². The standard InChI is InChI=1S/C10H19N3O4S/c1-5-13-7-9(12-8(13)2)18(14,15)11-6-10(16-3)17-4/h7,10-11H,5-6H2,1-4H3. The van der Waals surface area contributed by atoms with Gasteiger partial charge in [0.1, 0.15) is 5.82 Å². The van der Waals surface area contributed by atoms with E-state index in [9.17, 15) is 8.42 Å². The fourth-order valence-electron chi connectivity index (χ4n) is 1.44. The third-order valence-corrected chi connectivity index (χ3v) is 3.83. The summed E-state index contributed by atoms with van der Waals surface area (Å²) in [5.41, 5.74) is 0. The molecule has 7 nitrogen and oxygen atoms in total. The third kappa shape index (κ3) is 3.52. The lowest BCUT2D eigenvalue weighted by atomic mass is 10.6. The number of hydrogen-bond acceptors (Lipinski definition) is 5. The van der Waals surface area contributed by atoms with Crippen LogP contribution in [0.25, 0.3) is 0 Å². The zero-order valence-electron chi connectivity index (χ0n) is 11.0. The number of sulfonamides is 1. The van der Waals surface area contributed by atoms with Crippen LogP contribution in [0.5, 0.6) is 0 Å². The van der Waals surface area contributed by atoms with Crippen molar-refractivity contribution in [2.24, 2.45) is 0 Å². The number of methoxy groups -OCH3 is 2. The van der Waals surface area contributed by atoms with Crippen molar-refractivity contribution < 1.29 is 17.9 Å². The van der Waals surface area contributed by atoms with Crippen molar-refractivity contribution in [3.63, 3.8) is 0 Å². The number of imidazole rings is 1. The first kappa shape index (κ1) is 15.1. The molecule has 0 aliphatic rings. The second-order valence-electron chi connectivity index (χ2n) is 3.67. The molecule has 1 rings (SSSR count). The lowest BCUT2D eigenvalue weighted by Gasteiger charge is -2.13. The molecule has 1 N–H and O–H groups in total. The second-order valence-corrected chi connectivity index (χ2v) is 5.38. The van der Waals surface area contributed by atoms with E-state index in [1.165, 1.54) is 20.4 Å². The Labute approximate surface area is 107 Å². The van der Waals surface area contributed by atoms with Crippen LogP contribution in [0.4, 0.5) is 0 Å². The Hall–Kier alpha value is -0.960. The van der Waals surface area contributed by atoms with E-state index in [0.29, 0.717) is 12.4 Å². The Morgan fingerprint density at radius 3 is 2.50 bits per heavy atom. The number of aryl methyl sites for hydroxylation is 2. The second kappa shape index (κ2) is 6.28. The summed E-state index contributed by atoms with van der Waals surface area (Å²) in [4.78, 5) is 4.01. The highest BCUT2D eigenvalue weighted by Crippen LogP contribution is 2.09. The van der Waals surface area contributed by atoms with Crippen molar-refractivity contribution in [1.29, 1.82) is 0 Å². The number of rotatable bonds is 7. The van der Waals surface area contributed by atoms with Crippen LogP contribution < -0.4 is 4.72 Å². The molecule has 0 unspecified atom stereocenters. The number of ether oxygens (including phenoxy) is 2. The molecular formula is C10H19N3O4S. The molecule has 0 atom stereocenters. The van der Waals surface area contributed by atoms with Gasteiger partial charge in [0.15, 0.2) is 11.3 Å². The van der Waals surface area contributed by atoms with Gasteiger partial charge in [0.2, 0.25) is 0 Å². The highest BCUT2D eigenvalue weighted by atomic mass is 32.2. The molecule has 0 bridgehead atoms. The topological polar surface area (TPSA) is 82.5 Å². The minimum absolute atomic E-state index is 0.00723. The number of nitrogens with one attached hydrogen (secondary N) is 1.